The molecule has 4 rings (SSSR count). The molecule has 1 amide bonds. The second kappa shape index (κ2) is 7.55. The van der Waals surface area contributed by atoms with E-state index in [4.69, 9.17) is 16.3 Å². The highest BCUT2D eigenvalue weighted by molar-refractivity contribution is 7.89. The van der Waals surface area contributed by atoms with Gasteiger partial charge in [0, 0.05) is 24.7 Å². The van der Waals surface area contributed by atoms with Crippen LogP contribution in [0.4, 0.5) is 19.3 Å². The summed E-state index contributed by atoms with van der Waals surface area (Å²) in [4.78, 5) is 13.4. The summed E-state index contributed by atoms with van der Waals surface area (Å²) in [6.45, 7) is 0.413. The molecule has 2 aromatic carbocycles. The molecule has 0 atom stereocenters. The van der Waals surface area contributed by atoms with Crippen molar-refractivity contribution in [2.75, 3.05) is 18.0 Å². The minimum Gasteiger partial charge on any atom is -0.444 e. The summed E-state index contributed by atoms with van der Waals surface area (Å²) in [5.41, 5.74) is 1.64. The van der Waals surface area contributed by atoms with Gasteiger partial charge in [-0.2, -0.15) is 4.31 Å². The number of anilines is 1. The molecule has 2 aliphatic heterocycles. The standard InChI is InChI=1S/C19H17ClF2N2O4S/c20-14-9-15(21)16(22)10-18(14)29(26,27)23-7-5-13(6-8-23)24-17-4-2-1-3-12(17)11-28-19(24)25/h1-4,9-10,13H,5-8,11H2. The van der Waals surface area contributed by atoms with Gasteiger partial charge in [0.25, 0.3) is 0 Å². The van der Waals surface area contributed by atoms with Gasteiger partial charge in [-0.05, 0) is 31.0 Å². The maximum Gasteiger partial charge on any atom is 0.414 e. The fourth-order valence-corrected chi connectivity index (χ4v) is 5.67. The molecule has 0 unspecified atom stereocenters. The molecule has 0 aromatic heterocycles. The van der Waals surface area contributed by atoms with E-state index in [2.05, 4.69) is 0 Å². The van der Waals surface area contributed by atoms with Crippen molar-refractivity contribution in [3.8, 4) is 0 Å². The summed E-state index contributed by atoms with van der Waals surface area (Å²) in [5, 5.41) is -0.375. The van der Waals surface area contributed by atoms with E-state index in [0.29, 0.717) is 25.0 Å². The van der Waals surface area contributed by atoms with E-state index in [9.17, 15) is 22.0 Å². The quantitative estimate of drug-likeness (QED) is 0.675. The third-order valence-electron chi connectivity index (χ3n) is 5.18. The Morgan fingerprint density at radius 3 is 2.45 bits per heavy atom. The van der Waals surface area contributed by atoms with Crippen LogP contribution >= 0.6 is 11.6 Å². The first kappa shape index (κ1) is 20.1. The third kappa shape index (κ3) is 3.58. The second-order valence-electron chi connectivity index (χ2n) is 6.89. The molecule has 29 heavy (non-hydrogen) atoms. The Balaban J connectivity index is 1.54. The average Bonchev–Trinajstić information content (AvgIpc) is 2.70. The molecular weight excluding hydrogens is 426 g/mol. The Morgan fingerprint density at radius 1 is 1.07 bits per heavy atom. The number of nitrogens with zero attached hydrogens (tertiary/aromatic N) is 2. The number of cyclic esters (lactones) is 1. The topological polar surface area (TPSA) is 66.9 Å². The number of amides is 1. The van der Waals surface area contributed by atoms with E-state index < -0.39 is 32.6 Å². The number of ether oxygens (including phenoxy) is 1. The lowest BCUT2D eigenvalue weighted by atomic mass is 10.0. The number of hydrogen-bond acceptors (Lipinski definition) is 4. The van der Waals surface area contributed by atoms with Gasteiger partial charge in [0.1, 0.15) is 11.5 Å². The number of halogens is 3. The molecule has 10 heteroatoms. The van der Waals surface area contributed by atoms with Crippen LogP contribution in [0, 0.1) is 11.6 Å². The first-order valence-electron chi connectivity index (χ1n) is 8.97. The van der Waals surface area contributed by atoms with Crippen molar-refractivity contribution in [1.82, 2.24) is 4.31 Å². The Bertz CT molecular complexity index is 1070. The van der Waals surface area contributed by atoms with E-state index in [-0.39, 0.29) is 30.8 Å². The molecule has 0 saturated carbocycles. The van der Waals surface area contributed by atoms with Crippen molar-refractivity contribution in [2.24, 2.45) is 0 Å². The summed E-state index contributed by atoms with van der Waals surface area (Å²) in [7, 11) is -4.10. The number of para-hydroxylation sites is 1. The Morgan fingerprint density at radius 2 is 1.72 bits per heavy atom. The first-order chi connectivity index (χ1) is 13.8. The Kier molecular flexibility index (Phi) is 5.22. The molecular formula is C19H17ClF2N2O4S. The number of carbonyl (C=O) groups is 1. The Hall–Kier alpha value is -2.23. The highest BCUT2D eigenvalue weighted by Gasteiger charge is 2.37. The molecule has 0 spiro atoms. The predicted octanol–water partition coefficient (Wildman–Crippen LogP) is 3.93. The maximum absolute atomic E-state index is 13.6. The molecule has 154 valence electrons. The molecule has 2 aromatic rings. The SMILES string of the molecule is O=C1OCc2ccccc2N1C1CCN(S(=O)(=O)c2cc(F)c(F)cc2Cl)CC1. The summed E-state index contributed by atoms with van der Waals surface area (Å²) < 4.78 is 59.0. The predicted molar refractivity (Wildman–Crippen MR) is 102 cm³/mol. The van der Waals surface area contributed by atoms with E-state index in [1.165, 1.54) is 4.31 Å². The van der Waals surface area contributed by atoms with Crippen LogP contribution in [0.5, 0.6) is 0 Å². The van der Waals surface area contributed by atoms with E-state index >= 15 is 0 Å². The molecule has 0 aliphatic carbocycles. The van der Waals surface area contributed by atoms with Crippen molar-refractivity contribution in [1.29, 1.82) is 0 Å². The fraction of sp³-hybridized carbons (Fsp3) is 0.316. The molecule has 0 bridgehead atoms. The lowest BCUT2D eigenvalue weighted by Crippen LogP contribution is -2.50. The molecule has 1 fully saturated rings. The second-order valence-corrected chi connectivity index (χ2v) is 9.20. The summed E-state index contributed by atoms with van der Waals surface area (Å²) in [6, 6.07) is 8.40. The Labute approximate surface area is 171 Å². The number of hydrogen-bond donors (Lipinski definition) is 0. The first-order valence-corrected chi connectivity index (χ1v) is 10.8. The minimum atomic E-state index is -4.10. The lowest BCUT2D eigenvalue weighted by molar-refractivity contribution is 0.136. The number of sulfonamides is 1. The van der Waals surface area contributed by atoms with Crippen LogP contribution in [0.25, 0.3) is 0 Å². The van der Waals surface area contributed by atoms with Crippen molar-refractivity contribution >= 4 is 33.4 Å². The van der Waals surface area contributed by atoms with Gasteiger partial charge in [0.2, 0.25) is 10.0 Å². The zero-order valence-corrected chi connectivity index (χ0v) is 16.7. The molecule has 1 saturated heterocycles. The van der Waals surface area contributed by atoms with Crippen LogP contribution < -0.4 is 4.90 Å². The smallest absolute Gasteiger partial charge is 0.414 e. The summed E-state index contributed by atoms with van der Waals surface area (Å²) in [5.74, 6) is -2.49. The van der Waals surface area contributed by atoms with Crippen molar-refractivity contribution in [3.05, 3.63) is 58.6 Å². The number of benzene rings is 2. The maximum atomic E-state index is 13.6. The number of piperidine rings is 1. The van der Waals surface area contributed by atoms with Crippen molar-refractivity contribution in [3.63, 3.8) is 0 Å². The van der Waals surface area contributed by atoms with Crippen LogP contribution in [-0.4, -0.2) is 37.9 Å². The van der Waals surface area contributed by atoms with Crippen LogP contribution in [0.2, 0.25) is 5.02 Å². The van der Waals surface area contributed by atoms with Crippen LogP contribution in [0.15, 0.2) is 41.3 Å². The molecule has 6 nitrogen and oxygen atoms in total. The van der Waals surface area contributed by atoms with Crippen molar-refractivity contribution in [2.45, 2.75) is 30.4 Å². The zero-order chi connectivity index (χ0) is 20.8. The monoisotopic (exact) mass is 442 g/mol. The highest BCUT2D eigenvalue weighted by Crippen LogP contribution is 2.34. The lowest BCUT2D eigenvalue weighted by Gasteiger charge is -2.39. The third-order valence-corrected chi connectivity index (χ3v) is 7.54. The van der Waals surface area contributed by atoms with Gasteiger partial charge in [-0.3, -0.25) is 4.90 Å². The number of rotatable bonds is 3. The van der Waals surface area contributed by atoms with Crippen LogP contribution in [0.1, 0.15) is 18.4 Å². The van der Waals surface area contributed by atoms with Crippen LogP contribution in [0.3, 0.4) is 0 Å². The van der Waals surface area contributed by atoms with Gasteiger partial charge >= 0.3 is 6.09 Å². The normalized spacial score (nSPS) is 18.4. The number of fused-ring (bicyclic) bond motifs is 1. The zero-order valence-electron chi connectivity index (χ0n) is 15.1. The van der Waals surface area contributed by atoms with Gasteiger partial charge in [0.15, 0.2) is 11.6 Å². The van der Waals surface area contributed by atoms with Gasteiger partial charge < -0.3 is 4.74 Å². The molecule has 0 radical (unpaired) electrons. The highest BCUT2D eigenvalue weighted by atomic mass is 35.5. The number of carbonyl (C=O) groups excluding carboxylic acids is 1. The van der Waals surface area contributed by atoms with E-state index in [1.807, 2.05) is 24.3 Å². The molecule has 2 heterocycles. The molecule has 0 N–H and O–H groups in total. The van der Waals surface area contributed by atoms with E-state index in [1.54, 1.807) is 4.90 Å². The average molecular weight is 443 g/mol. The van der Waals surface area contributed by atoms with Gasteiger partial charge in [-0.15, -0.1) is 0 Å². The van der Waals surface area contributed by atoms with Gasteiger partial charge in [0.05, 0.1) is 10.7 Å². The minimum absolute atomic E-state index is 0.105. The van der Waals surface area contributed by atoms with Gasteiger partial charge in [-0.25, -0.2) is 22.0 Å². The summed E-state index contributed by atoms with van der Waals surface area (Å²) >= 11 is 5.85. The molecule has 2 aliphatic rings. The van der Waals surface area contributed by atoms with Gasteiger partial charge in [-0.1, -0.05) is 29.8 Å². The van der Waals surface area contributed by atoms with E-state index in [0.717, 1.165) is 11.3 Å². The largest absolute Gasteiger partial charge is 0.444 e. The van der Waals surface area contributed by atoms with Crippen molar-refractivity contribution < 1.29 is 26.7 Å². The van der Waals surface area contributed by atoms with Crippen LogP contribution in [-0.2, 0) is 21.4 Å². The summed E-state index contributed by atoms with van der Waals surface area (Å²) in [6.07, 6.45) is 0.266. The fourth-order valence-electron chi connectivity index (χ4n) is 3.70.